The van der Waals surface area contributed by atoms with Gasteiger partial charge in [0.05, 0.1) is 17.1 Å². The van der Waals surface area contributed by atoms with E-state index in [9.17, 15) is 13.2 Å². The van der Waals surface area contributed by atoms with E-state index in [2.05, 4.69) is 4.72 Å². The van der Waals surface area contributed by atoms with E-state index < -0.39 is 16.0 Å². The lowest BCUT2D eigenvalue weighted by Gasteiger charge is -2.16. The second-order valence-electron chi connectivity index (χ2n) is 4.94. The van der Waals surface area contributed by atoms with Crippen LogP contribution in [0.15, 0.2) is 29.2 Å². The molecule has 3 N–H and O–H groups in total. The molecule has 0 radical (unpaired) electrons. The van der Waals surface area contributed by atoms with Crippen LogP contribution in [-0.2, 0) is 14.8 Å². The third kappa shape index (κ3) is 5.40. The first-order chi connectivity index (χ1) is 10.4. The molecule has 0 aliphatic rings. The third-order valence-corrected chi connectivity index (χ3v) is 4.72. The Hall–Kier alpha value is -1.44. The van der Waals surface area contributed by atoms with Crippen molar-refractivity contribution in [3.8, 4) is 0 Å². The molecular formula is C15H24N2O4S. The number of hydrogen-bond donors (Lipinski definition) is 2. The van der Waals surface area contributed by atoms with E-state index in [0.29, 0.717) is 12.0 Å². The fourth-order valence-electron chi connectivity index (χ4n) is 1.95. The minimum atomic E-state index is -3.64. The van der Waals surface area contributed by atoms with Gasteiger partial charge in [-0.1, -0.05) is 19.8 Å². The number of esters is 1. The number of rotatable bonds is 9. The number of carbonyl (C=O) groups excluding carboxylic acids is 1. The van der Waals surface area contributed by atoms with Gasteiger partial charge in [0.15, 0.2) is 0 Å². The average molecular weight is 328 g/mol. The Bertz CT molecular complexity index is 570. The summed E-state index contributed by atoms with van der Waals surface area (Å²) in [6, 6.07) is 5.38. The molecule has 0 aliphatic heterocycles. The van der Waals surface area contributed by atoms with E-state index in [1.54, 1.807) is 6.92 Å². The smallest absolute Gasteiger partial charge is 0.338 e. The van der Waals surface area contributed by atoms with Gasteiger partial charge in [0.1, 0.15) is 0 Å². The van der Waals surface area contributed by atoms with Gasteiger partial charge < -0.3 is 10.5 Å². The Morgan fingerprint density at radius 3 is 2.41 bits per heavy atom. The van der Waals surface area contributed by atoms with Crippen molar-refractivity contribution in [1.82, 2.24) is 4.72 Å². The predicted molar refractivity (Wildman–Crippen MR) is 85.1 cm³/mol. The molecule has 0 saturated heterocycles. The summed E-state index contributed by atoms with van der Waals surface area (Å²) >= 11 is 0. The van der Waals surface area contributed by atoms with Crippen molar-refractivity contribution in [2.75, 3.05) is 13.2 Å². The van der Waals surface area contributed by atoms with Crippen LogP contribution in [0.25, 0.3) is 0 Å². The molecule has 22 heavy (non-hydrogen) atoms. The maximum absolute atomic E-state index is 12.3. The summed E-state index contributed by atoms with van der Waals surface area (Å²) in [4.78, 5) is 11.7. The summed E-state index contributed by atoms with van der Waals surface area (Å²) in [6.07, 6.45) is 2.59. The van der Waals surface area contributed by atoms with Gasteiger partial charge >= 0.3 is 5.97 Å². The van der Waals surface area contributed by atoms with Crippen LogP contribution in [-0.4, -0.2) is 33.6 Å². The van der Waals surface area contributed by atoms with Crippen molar-refractivity contribution in [3.05, 3.63) is 29.8 Å². The molecule has 1 unspecified atom stereocenters. The predicted octanol–water partition coefficient (Wildman–Crippen LogP) is 1.66. The average Bonchev–Trinajstić information content (AvgIpc) is 2.51. The van der Waals surface area contributed by atoms with Gasteiger partial charge in [-0.3, -0.25) is 0 Å². The molecule has 0 saturated carbocycles. The van der Waals surface area contributed by atoms with E-state index in [1.807, 2.05) is 6.92 Å². The summed E-state index contributed by atoms with van der Waals surface area (Å²) in [5, 5.41) is 0. The molecule has 0 bridgehead atoms. The van der Waals surface area contributed by atoms with Gasteiger partial charge in [0.2, 0.25) is 10.0 Å². The number of hydrogen-bond acceptors (Lipinski definition) is 5. The lowest BCUT2D eigenvalue weighted by atomic mass is 10.1. The summed E-state index contributed by atoms with van der Waals surface area (Å²) in [7, 11) is -3.64. The maximum atomic E-state index is 12.3. The van der Waals surface area contributed by atoms with Gasteiger partial charge in [-0.25, -0.2) is 17.9 Å². The van der Waals surface area contributed by atoms with Crippen molar-refractivity contribution >= 4 is 16.0 Å². The number of carbonyl (C=O) groups is 1. The first kappa shape index (κ1) is 18.6. The fraction of sp³-hybridized carbons (Fsp3) is 0.533. The van der Waals surface area contributed by atoms with Gasteiger partial charge in [0, 0.05) is 12.6 Å². The summed E-state index contributed by atoms with van der Waals surface area (Å²) < 4.78 is 32.0. The van der Waals surface area contributed by atoms with Crippen LogP contribution >= 0.6 is 0 Å². The molecule has 6 nitrogen and oxygen atoms in total. The highest BCUT2D eigenvalue weighted by atomic mass is 32.2. The van der Waals surface area contributed by atoms with Crippen LogP contribution in [0, 0.1) is 0 Å². The largest absolute Gasteiger partial charge is 0.462 e. The van der Waals surface area contributed by atoms with E-state index in [0.717, 1.165) is 12.8 Å². The van der Waals surface area contributed by atoms with E-state index in [-0.39, 0.29) is 24.1 Å². The van der Waals surface area contributed by atoms with Crippen molar-refractivity contribution in [3.63, 3.8) is 0 Å². The fourth-order valence-corrected chi connectivity index (χ4v) is 3.23. The molecule has 0 aromatic heterocycles. The maximum Gasteiger partial charge on any atom is 0.338 e. The monoisotopic (exact) mass is 328 g/mol. The second kappa shape index (κ2) is 8.87. The Morgan fingerprint density at radius 1 is 1.27 bits per heavy atom. The second-order valence-corrected chi connectivity index (χ2v) is 6.65. The van der Waals surface area contributed by atoms with Crippen molar-refractivity contribution < 1.29 is 17.9 Å². The minimum absolute atomic E-state index is 0.107. The zero-order valence-electron chi connectivity index (χ0n) is 13.0. The first-order valence-corrected chi connectivity index (χ1v) is 8.92. The molecule has 1 rings (SSSR count). The highest BCUT2D eigenvalue weighted by molar-refractivity contribution is 7.89. The third-order valence-electron chi connectivity index (χ3n) is 3.19. The van der Waals surface area contributed by atoms with E-state index in [4.69, 9.17) is 10.5 Å². The highest BCUT2D eigenvalue weighted by Crippen LogP contribution is 2.13. The molecule has 0 spiro atoms. The summed E-state index contributed by atoms with van der Waals surface area (Å²) in [5.74, 6) is -0.470. The van der Waals surface area contributed by atoms with Gasteiger partial charge in [-0.05, 0) is 37.6 Å². The van der Waals surface area contributed by atoms with Crippen LogP contribution in [0.2, 0.25) is 0 Å². The quantitative estimate of drug-likeness (QED) is 0.672. The van der Waals surface area contributed by atoms with Crippen LogP contribution in [0.1, 0.15) is 43.5 Å². The van der Waals surface area contributed by atoms with Crippen LogP contribution in [0.4, 0.5) is 0 Å². The van der Waals surface area contributed by atoms with Crippen molar-refractivity contribution in [1.29, 1.82) is 0 Å². The molecule has 1 atom stereocenters. The van der Waals surface area contributed by atoms with Crippen LogP contribution < -0.4 is 10.5 Å². The zero-order valence-corrected chi connectivity index (χ0v) is 13.9. The minimum Gasteiger partial charge on any atom is -0.462 e. The molecule has 0 aliphatic carbocycles. The first-order valence-electron chi connectivity index (χ1n) is 7.44. The molecule has 0 amide bonds. The summed E-state index contributed by atoms with van der Waals surface area (Å²) in [5.41, 5.74) is 5.93. The van der Waals surface area contributed by atoms with Gasteiger partial charge in [-0.15, -0.1) is 0 Å². The molecule has 0 fully saturated rings. The summed E-state index contributed by atoms with van der Waals surface area (Å²) in [6.45, 7) is 4.27. The molecule has 124 valence electrons. The lowest BCUT2D eigenvalue weighted by Crippen LogP contribution is -2.40. The Labute approximate surface area is 132 Å². The highest BCUT2D eigenvalue weighted by Gasteiger charge is 2.19. The molecule has 1 aromatic carbocycles. The molecule has 1 aromatic rings. The number of unbranched alkanes of at least 4 members (excludes halogenated alkanes) is 1. The van der Waals surface area contributed by atoms with Gasteiger partial charge in [0.25, 0.3) is 0 Å². The number of nitrogens with two attached hydrogens (primary N) is 1. The molecule has 0 heterocycles. The topological polar surface area (TPSA) is 98.5 Å². The molecule has 7 heteroatoms. The van der Waals surface area contributed by atoms with Crippen molar-refractivity contribution in [2.45, 2.75) is 44.0 Å². The normalized spacial score (nSPS) is 12.9. The lowest BCUT2D eigenvalue weighted by molar-refractivity contribution is 0.0526. The zero-order chi connectivity index (χ0) is 16.6. The molecular weight excluding hydrogens is 304 g/mol. The van der Waals surface area contributed by atoms with Crippen molar-refractivity contribution in [2.24, 2.45) is 5.73 Å². The Balaban J connectivity index is 2.82. The van der Waals surface area contributed by atoms with E-state index >= 15 is 0 Å². The SMILES string of the molecule is CCCCC(CN)NS(=O)(=O)c1ccc(C(=O)OCC)cc1. The van der Waals surface area contributed by atoms with Gasteiger partial charge in [-0.2, -0.15) is 0 Å². The van der Waals surface area contributed by atoms with E-state index in [1.165, 1.54) is 24.3 Å². The number of sulfonamides is 1. The Kier molecular flexibility index (Phi) is 7.50. The standard InChI is InChI=1S/C15H24N2O4S/c1-3-5-6-13(11-16)17-22(19,20)14-9-7-12(8-10-14)15(18)21-4-2/h7-10,13,17H,3-6,11,16H2,1-2H3. The number of ether oxygens (including phenoxy) is 1. The Morgan fingerprint density at radius 2 is 1.91 bits per heavy atom. The van der Waals surface area contributed by atoms with Crippen LogP contribution in [0.3, 0.4) is 0 Å². The number of benzene rings is 1. The van der Waals surface area contributed by atoms with Crippen LogP contribution in [0.5, 0.6) is 0 Å². The number of nitrogens with one attached hydrogen (secondary N) is 1.